The third-order valence-corrected chi connectivity index (χ3v) is 3.05. The van der Waals surface area contributed by atoms with Crippen molar-refractivity contribution in [2.45, 2.75) is 13.8 Å². The van der Waals surface area contributed by atoms with Gasteiger partial charge in [0, 0.05) is 23.6 Å². The average molecular weight is 272 g/mol. The molecule has 1 amide bonds. The van der Waals surface area contributed by atoms with E-state index in [9.17, 15) is 4.79 Å². The second kappa shape index (κ2) is 5.28. The zero-order valence-corrected chi connectivity index (χ0v) is 10.4. The lowest BCUT2D eigenvalue weighted by atomic mass is 10.2. The van der Waals surface area contributed by atoms with Crippen LogP contribution in [0, 0.1) is 6.92 Å². The Balaban J connectivity index is 3.01. The molecule has 0 unspecified atom stereocenters. The second-order valence-electron chi connectivity index (χ2n) is 3.33. The molecule has 15 heavy (non-hydrogen) atoms. The van der Waals surface area contributed by atoms with Crippen molar-refractivity contribution in [3.63, 3.8) is 0 Å². The van der Waals surface area contributed by atoms with Gasteiger partial charge in [-0.05, 0) is 30.7 Å². The van der Waals surface area contributed by atoms with E-state index in [1.54, 1.807) is 4.90 Å². The first-order valence-electron chi connectivity index (χ1n) is 4.71. The number of rotatable bonds is 3. The summed E-state index contributed by atoms with van der Waals surface area (Å²) in [5, 5.41) is 8.87. The van der Waals surface area contributed by atoms with Gasteiger partial charge in [0.1, 0.15) is 0 Å². The molecular weight excluding hydrogens is 258 g/mol. The lowest BCUT2D eigenvalue weighted by molar-refractivity contribution is -0.116. The molecule has 4 heteroatoms. The van der Waals surface area contributed by atoms with Gasteiger partial charge in [0.15, 0.2) is 0 Å². The Kier molecular flexibility index (Phi) is 4.29. The Morgan fingerprint density at radius 3 is 2.67 bits per heavy atom. The maximum atomic E-state index is 11.3. The average Bonchev–Trinajstić information content (AvgIpc) is 2.18. The fraction of sp³-hybridized carbons (Fsp3) is 0.364. The summed E-state index contributed by atoms with van der Waals surface area (Å²) in [5.41, 5.74) is 1.88. The highest BCUT2D eigenvalue weighted by Gasteiger charge is 2.10. The van der Waals surface area contributed by atoms with Gasteiger partial charge in [-0.15, -0.1) is 0 Å². The first-order valence-corrected chi connectivity index (χ1v) is 5.50. The highest BCUT2D eigenvalue weighted by Crippen LogP contribution is 2.22. The van der Waals surface area contributed by atoms with E-state index in [0.717, 1.165) is 15.7 Å². The SMILES string of the molecule is CC(=O)N(CCO)c1ccc(Br)c(C)c1. The highest BCUT2D eigenvalue weighted by molar-refractivity contribution is 9.10. The zero-order valence-electron chi connectivity index (χ0n) is 8.83. The monoisotopic (exact) mass is 271 g/mol. The van der Waals surface area contributed by atoms with Crippen molar-refractivity contribution >= 4 is 27.5 Å². The number of aryl methyl sites for hydroxylation is 1. The van der Waals surface area contributed by atoms with E-state index < -0.39 is 0 Å². The molecule has 0 aromatic heterocycles. The molecule has 3 nitrogen and oxygen atoms in total. The van der Waals surface area contributed by atoms with Crippen molar-refractivity contribution in [3.05, 3.63) is 28.2 Å². The maximum Gasteiger partial charge on any atom is 0.223 e. The van der Waals surface area contributed by atoms with Crippen molar-refractivity contribution in [1.82, 2.24) is 0 Å². The van der Waals surface area contributed by atoms with Gasteiger partial charge in [-0.1, -0.05) is 15.9 Å². The topological polar surface area (TPSA) is 40.5 Å². The summed E-state index contributed by atoms with van der Waals surface area (Å²) in [7, 11) is 0. The molecule has 0 spiro atoms. The van der Waals surface area contributed by atoms with E-state index in [-0.39, 0.29) is 12.5 Å². The molecule has 1 aromatic rings. The second-order valence-corrected chi connectivity index (χ2v) is 4.18. The fourth-order valence-electron chi connectivity index (χ4n) is 1.37. The van der Waals surface area contributed by atoms with Crippen LogP contribution in [0.25, 0.3) is 0 Å². The smallest absolute Gasteiger partial charge is 0.223 e. The number of hydrogen-bond donors (Lipinski definition) is 1. The summed E-state index contributed by atoms with van der Waals surface area (Å²) in [4.78, 5) is 12.9. The molecule has 0 atom stereocenters. The Morgan fingerprint density at radius 2 is 2.20 bits per heavy atom. The van der Waals surface area contributed by atoms with E-state index in [1.807, 2.05) is 25.1 Å². The summed E-state index contributed by atoms with van der Waals surface area (Å²) >= 11 is 3.40. The molecule has 0 fully saturated rings. The normalized spacial score (nSPS) is 10.1. The Hall–Kier alpha value is -0.870. The molecule has 1 aromatic carbocycles. The van der Waals surface area contributed by atoms with E-state index in [4.69, 9.17) is 5.11 Å². The Morgan fingerprint density at radius 1 is 1.53 bits per heavy atom. The molecule has 1 rings (SSSR count). The predicted octanol–water partition coefficient (Wildman–Crippen LogP) is 2.10. The minimum absolute atomic E-state index is 0.0330. The molecule has 0 radical (unpaired) electrons. The van der Waals surface area contributed by atoms with Crippen molar-refractivity contribution < 1.29 is 9.90 Å². The number of benzene rings is 1. The minimum atomic E-state index is -0.0641. The standard InChI is InChI=1S/C11H14BrNO2/c1-8-7-10(3-4-11(8)12)13(5-6-14)9(2)15/h3-4,7,14H,5-6H2,1-2H3. The van der Waals surface area contributed by atoms with Crippen LogP contribution in [0.2, 0.25) is 0 Å². The first kappa shape index (κ1) is 12.2. The third-order valence-electron chi connectivity index (χ3n) is 2.16. The van der Waals surface area contributed by atoms with Gasteiger partial charge >= 0.3 is 0 Å². The quantitative estimate of drug-likeness (QED) is 0.915. The molecule has 0 aliphatic carbocycles. The molecule has 0 bridgehead atoms. The lowest BCUT2D eigenvalue weighted by Crippen LogP contribution is -2.31. The largest absolute Gasteiger partial charge is 0.395 e. The molecular formula is C11H14BrNO2. The van der Waals surface area contributed by atoms with Crippen LogP contribution in [0.3, 0.4) is 0 Å². The summed E-state index contributed by atoms with van der Waals surface area (Å²) in [6.45, 7) is 3.75. The molecule has 0 saturated carbocycles. The van der Waals surface area contributed by atoms with E-state index in [0.29, 0.717) is 6.54 Å². The van der Waals surface area contributed by atoms with E-state index in [1.165, 1.54) is 6.92 Å². The molecule has 1 N–H and O–H groups in total. The molecule has 0 saturated heterocycles. The minimum Gasteiger partial charge on any atom is -0.395 e. The number of halogens is 1. The summed E-state index contributed by atoms with van der Waals surface area (Å²) in [5.74, 6) is -0.0641. The van der Waals surface area contributed by atoms with Crippen molar-refractivity contribution in [2.75, 3.05) is 18.1 Å². The van der Waals surface area contributed by atoms with Gasteiger partial charge in [0.05, 0.1) is 6.61 Å². The molecule has 0 aliphatic heterocycles. The van der Waals surface area contributed by atoms with Crippen LogP contribution in [0.4, 0.5) is 5.69 Å². The molecule has 82 valence electrons. The zero-order chi connectivity index (χ0) is 11.4. The van der Waals surface area contributed by atoms with Gasteiger partial charge < -0.3 is 10.0 Å². The van der Waals surface area contributed by atoms with Crippen molar-refractivity contribution in [1.29, 1.82) is 0 Å². The highest BCUT2D eigenvalue weighted by atomic mass is 79.9. The molecule has 0 aliphatic rings. The number of hydrogen-bond acceptors (Lipinski definition) is 2. The van der Waals surface area contributed by atoms with Gasteiger partial charge in [0.2, 0.25) is 5.91 Å². The number of carbonyl (C=O) groups is 1. The van der Waals surface area contributed by atoms with Crippen LogP contribution in [-0.2, 0) is 4.79 Å². The van der Waals surface area contributed by atoms with Crippen LogP contribution in [-0.4, -0.2) is 24.2 Å². The first-order chi connectivity index (χ1) is 7.06. The number of carbonyl (C=O) groups excluding carboxylic acids is 1. The summed E-state index contributed by atoms with van der Waals surface area (Å²) < 4.78 is 1.01. The third kappa shape index (κ3) is 3.04. The van der Waals surface area contributed by atoms with E-state index >= 15 is 0 Å². The van der Waals surface area contributed by atoms with Crippen molar-refractivity contribution in [2.24, 2.45) is 0 Å². The van der Waals surface area contributed by atoms with Gasteiger partial charge in [-0.2, -0.15) is 0 Å². The van der Waals surface area contributed by atoms with Crippen LogP contribution in [0.1, 0.15) is 12.5 Å². The van der Waals surface area contributed by atoms with Gasteiger partial charge in [-0.3, -0.25) is 4.79 Å². The Bertz CT molecular complexity index is 366. The molecule has 0 heterocycles. The van der Waals surface area contributed by atoms with E-state index in [2.05, 4.69) is 15.9 Å². The number of amides is 1. The number of aliphatic hydroxyl groups excluding tert-OH is 1. The van der Waals surface area contributed by atoms with Crippen LogP contribution < -0.4 is 4.90 Å². The number of anilines is 1. The maximum absolute atomic E-state index is 11.3. The summed E-state index contributed by atoms with van der Waals surface area (Å²) in [6.07, 6.45) is 0. The summed E-state index contributed by atoms with van der Waals surface area (Å²) in [6, 6.07) is 5.67. The predicted molar refractivity (Wildman–Crippen MR) is 64.0 cm³/mol. The van der Waals surface area contributed by atoms with Crippen LogP contribution in [0.15, 0.2) is 22.7 Å². The lowest BCUT2D eigenvalue weighted by Gasteiger charge is -2.20. The number of aliphatic hydroxyl groups is 1. The van der Waals surface area contributed by atoms with Gasteiger partial charge in [-0.25, -0.2) is 0 Å². The van der Waals surface area contributed by atoms with Gasteiger partial charge in [0.25, 0.3) is 0 Å². The fourth-order valence-corrected chi connectivity index (χ4v) is 1.61. The van der Waals surface area contributed by atoms with Crippen molar-refractivity contribution in [3.8, 4) is 0 Å². The number of nitrogens with zero attached hydrogens (tertiary/aromatic N) is 1. The van der Waals surface area contributed by atoms with Crippen LogP contribution >= 0.6 is 15.9 Å². The Labute approximate surface area is 97.8 Å². The van der Waals surface area contributed by atoms with Crippen LogP contribution in [0.5, 0.6) is 0 Å².